The second kappa shape index (κ2) is 8.29. The Bertz CT molecular complexity index is 811. The number of phenols is 1. The van der Waals surface area contributed by atoms with E-state index in [9.17, 15) is 10.2 Å². The van der Waals surface area contributed by atoms with Crippen LogP contribution in [0.2, 0.25) is 0 Å². The molecule has 0 radical (unpaired) electrons. The molecule has 0 atom stereocenters. The zero-order chi connectivity index (χ0) is 20.4. The summed E-state index contributed by atoms with van der Waals surface area (Å²) in [5.41, 5.74) is 5.76. The number of rotatable bonds is 7. The Balaban J connectivity index is 1.89. The zero-order valence-corrected chi connectivity index (χ0v) is 18.0. The predicted molar refractivity (Wildman–Crippen MR) is 117 cm³/mol. The second-order valence-electron chi connectivity index (χ2n) is 8.86. The van der Waals surface area contributed by atoms with Crippen LogP contribution in [0.5, 0.6) is 5.75 Å². The van der Waals surface area contributed by atoms with Crippen LogP contribution in [0.25, 0.3) is 0 Å². The molecule has 0 unspecified atom stereocenters. The molecule has 2 N–H and O–H groups in total. The minimum atomic E-state index is -0.439. The van der Waals surface area contributed by atoms with Gasteiger partial charge in [-0.25, -0.2) is 0 Å². The maximum Gasteiger partial charge on any atom is 0.118 e. The van der Waals surface area contributed by atoms with Crippen LogP contribution in [0.1, 0.15) is 86.6 Å². The van der Waals surface area contributed by atoms with Crippen molar-refractivity contribution in [3.63, 3.8) is 0 Å². The van der Waals surface area contributed by atoms with E-state index in [1.54, 1.807) is 0 Å². The quantitative estimate of drug-likeness (QED) is 0.587. The van der Waals surface area contributed by atoms with Crippen molar-refractivity contribution in [3.8, 4) is 5.75 Å². The minimum absolute atomic E-state index is 0.0363. The van der Waals surface area contributed by atoms with Crippen molar-refractivity contribution >= 4 is 0 Å². The summed E-state index contributed by atoms with van der Waals surface area (Å²) >= 11 is 0. The Kier molecular flexibility index (Phi) is 6.19. The molecule has 28 heavy (non-hydrogen) atoms. The normalized spacial score (nSPS) is 16.5. The Labute approximate surface area is 170 Å². The highest BCUT2D eigenvalue weighted by atomic mass is 16.3. The first-order valence-electron chi connectivity index (χ1n) is 11.0. The van der Waals surface area contributed by atoms with Gasteiger partial charge in [0.2, 0.25) is 0 Å². The van der Waals surface area contributed by atoms with E-state index in [0.717, 1.165) is 56.9 Å². The summed E-state index contributed by atoms with van der Waals surface area (Å²) in [5.74, 6) is 0.362. The topological polar surface area (TPSA) is 40.5 Å². The standard InChI is InChI=1S/C26H36O2/c1-5-26(6-2,23-11-12-24(27)20(4)18-23)22-10-9-21(19(3)17-22)13-16-25(28)14-7-8-15-25/h9-12,17-18,27-28H,5-8,13-16H2,1-4H3. The van der Waals surface area contributed by atoms with Crippen LogP contribution >= 0.6 is 0 Å². The molecule has 2 heteroatoms. The van der Waals surface area contributed by atoms with Gasteiger partial charge in [0, 0.05) is 5.41 Å². The highest BCUT2D eigenvalue weighted by molar-refractivity contribution is 5.46. The van der Waals surface area contributed by atoms with Gasteiger partial charge in [0.15, 0.2) is 0 Å². The van der Waals surface area contributed by atoms with Gasteiger partial charge in [0.25, 0.3) is 0 Å². The average Bonchev–Trinajstić information content (AvgIpc) is 3.12. The van der Waals surface area contributed by atoms with Crippen molar-refractivity contribution in [1.82, 2.24) is 0 Å². The van der Waals surface area contributed by atoms with Gasteiger partial charge < -0.3 is 10.2 Å². The molecule has 1 aliphatic rings. The SMILES string of the molecule is CCC(CC)(c1ccc(O)c(C)c1)c1ccc(CCC2(O)CCCC2)c(C)c1. The molecule has 1 aliphatic carbocycles. The maximum absolute atomic E-state index is 10.7. The highest BCUT2D eigenvalue weighted by Gasteiger charge is 2.32. The Morgan fingerprint density at radius 2 is 1.46 bits per heavy atom. The van der Waals surface area contributed by atoms with E-state index >= 15 is 0 Å². The maximum atomic E-state index is 10.7. The first kappa shape index (κ1) is 20.9. The average molecular weight is 381 g/mol. The lowest BCUT2D eigenvalue weighted by Crippen LogP contribution is -2.27. The lowest BCUT2D eigenvalue weighted by molar-refractivity contribution is 0.0391. The molecule has 0 amide bonds. The van der Waals surface area contributed by atoms with E-state index in [-0.39, 0.29) is 5.41 Å². The molecule has 0 bridgehead atoms. The monoisotopic (exact) mass is 380 g/mol. The Morgan fingerprint density at radius 1 is 0.893 bits per heavy atom. The Morgan fingerprint density at radius 3 is 2.00 bits per heavy atom. The van der Waals surface area contributed by atoms with Crippen molar-refractivity contribution in [2.24, 2.45) is 0 Å². The molecular weight excluding hydrogens is 344 g/mol. The fraction of sp³-hybridized carbons (Fsp3) is 0.538. The zero-order valence-electron chi connectivity index (χ0n) is 18.0. The summed E-state index contributed by atoms with van der Waals surface area (Å²) in [6.07, 6.45) is 8.10. The lowest BCUT2D eigenvalue weighted by atomic mass is 9.69. The molecule has 152 valence electrons. The number of aromatic hydroxyl groups is 1. The van der Waals surface area contributed by atoms with E-state index in [1.807, 2.05) is 13.0 Å². The third kappa shape index (κ3) is 3.98. The van der Waals surface area contributed by atoms with Crippen molar-refractivity contribution in [2.75, 3.05) is 0 Å². The fourth-order valence-electron chi connectivity index (χ4n) is 5.11. The second-order valence-corrected chi connectivity index (χ2v) is 8.86. The molecule has 0 spiro atoms. The van der Waals surface area contributed by atoms with Crippen molar-refractivity contribution < 1.29 is 10.2 Å². The first-order chi connectivity index (χ1) is 13.3. The van der Waals surface area contributed by atoms with E-state index in [4.69, 9.17) is 0 Å². The van der Waals surface area contributed by atoms with Crippen LogP contribution in [0, 0.1) is 13.8 Å². The number of aryl methyl sites for hydroxylation is 3. The summed E-state index contributed by atoms with van der Waals surface area (Å²) in [7, 11) is 0. The third-order valence-electron chi connectivity index (χ3n) is 7.25. The lowest BCUT2D eigenvalue weighted by Gasteiger charge is -2.34. The van der Waals surface area contributed by atoms with Gasteiger partial charge >= 0.3 is 0 Å². The van der Waals surface area contributed by atoms with Crippen LogP contribution in [0.15, 0.2) is 36.4 Å². The Hall–Kier alpha value is -1.80. The van der Waals surface area contributed by atoms with E-state index in [0.29, 0.717) is 5.75 Å². The van der Waals surface area contributed by atoms with E-state index in [1.165, 1.54) is 22.3 Å². The third-order valence-corrected chi connectivity index (χ3v) is 7.25. The highest BCUT2D eigenvalue weighted by Crippen LogP contribution is 2.41. The molecule has 2 aromatic carbocycles. The van der Waals surface area contributed by atoms with Gasteiger partial charge in [0.1, 0.15) is 5.75 Å². The molecule has 1 saturated carbocycles. The fourth-order valence-corrected chi connectivity index (χ4v) is 5.11. The predicted octanol–water partition coefficient (Wildman–Crippen LogP) is 6.35. The summed E-state index contributed by atoms with van der Waals surface area (Å²) < 4.78 is 0. The molecule has 0 heterocycles. The van der Waals surface area contributed by atoms with Crippen molar-refractivity contribution in [3.05, 3.63) is 64.2 Å². The summed E-state index contributed by atoms with van der Waals surface area (Å²) in [6, 6.07) is 13.0. The van der Waals surface area contributed by atoms with Crippen LogP contribution in [0.3, 0.4) is 0 Å². The van der Waals surface area contributed by atoms with Gasteiger partial charge in [-0.05, 0) is 86.3 Å². The minimum Gasteiger partial charge on any atom is -0.508 e. The van der Waals surface area contributed by atoms with E-state index < -0.39 is 5.60 Å². The van der Waals surface area contributed by atoms with Crippen LogP contribution < -0.4 is 0 Å². The molecule has 2 aromatic rings. The van der Waals surface area contributed by atoms with Crippen molar-refractivity contribution in [1.29, 1.82) is 0 Å². The summed E-state index contributed by atoms with van der Waals surface area (Å²) in [5, 5.41) is 20.6. The summed E-state index contributed by atoms with van der Waals surface area (Å²) in [4.78, 5) is 0. The van der Waals surface area contributed by atoms with Gasteiger partial charge in [-0.2, -0.15) is 0 Å². The van der Waals surface area contributed by atoms with E-state index in [2.05, 4.69) is 51.1 Å². The van der Waals surface area contributed by atoms with Gasteiger partial charge in [-0.3, -0.25) is 0 Å². The van der Waals surface area contributed by atoms with Gasteiger partial charge in [-0.15, -0.1) is 0 Å². The van der Waals surface area contributed by atoms with Crippen LogP contribution in [-0.4, -0.2) is 15.8 Å². The number of hydrogen-bond acceptors (Lipinski definition) is 2. The number of benzene rings is 2. The van der Waals surface area contributed by atoms with Gasteiger partial charge in [-0.1, -0.05) is 57.0 Å². The molecule has 0 saturated heterocycles. The van der Waals surface area contributed by atoms with Crippen molar-refractivity contribution in [2.45, 2.75) is 90.1 Å². The largest absolute Gasteiger partial charge is 0.508 e. The molecule has 3 rings (SSSR count). The molecule has 0 aromatic heterocycles. The molecule has 0 aliphatic heterocycles. The van der Waals surface area contributed by atoms with Crippen LogP contribution in [-0.2, 0) is 11.8 Å². The number of hydrogen-bond donors (Lipinski definition) is 2. The number of aliphatic hydroxyl groups is 1. The molecular formula is C26H36O2. The first-order valence-corrected chi connectivity index (χ1v) is 11.0. The number of phenolic OH excluding ortho intramolecular Hbond substituents is 1. The van der Waals surface area contributed by atoms with Gasteiger partial charge in [0.05, 0.1) is 5.60 Å². The summed E-state index contributed by atoms with van der Waals surface area (Å²) in [6.45, 7) is 8.68. The molecule has 1 fully saturated rings. The smallest absolute Gasteiger partial charge is 0.118 e. The van der Waals surface area contributed by atoms with Crippen LogP contribution in [0.4, 0.5) is 0 Å². The molecule has 2 nitrogen and oxygen atoms in total.